The van der Waals surface area contributed by atoms with Crippen molar-refractivity contribution in [2.45, 2.75) is 6.92 Å². The predicted octanol–water partition coefficient (Wildman–Crippen LogP) is 3.99. The Morgan fingerprint density at radius 1 is 1.22 bits per heavy atom. The van der Waals surface area contributed by atoms with E-state index in [2.05, 4.69) is 40.6 Å². The molecule has 1 aromatic heterocycles. The van der Waals surface area contributed by atoms with E-state index in [1.165, 1.54) is 5.56 Å². The number of nitrogens with zero attached hydrogens (tertiary/aromatic N) is 1. The molecular formula is C14H11IN2O. The lowest BCUT2D eigenvalue weighted by molar-refractivity contribution is 0.619. The smallest absolute Gasteiger partial charge is 0.228 e. The molecular weight excluding hydrogens is 339 g/mol. The number of anilines is 1. The fraction of sp³-hybridized carbons (Fsp3) is 0.0714. The van der Waals surface area contributed by atoms with Crippen molar-refractivity contribution in [2.24, 2.45) is 0 Å². The molecule has 4 heteroatoms. The van der Waals surface area contributed by atoms with Crippen LogP contribution in [0.2, 0.25) is 0 Å². The van der Waals surface area contributed by atoms with Gasteiger partial charge in [0.15, 0.2) is 5.58 Å². The average Bonchev–Trinajstić information content (AvgIpc) is 2.75. The zero-order valence-corrected chi connectivity index (χ0v) is 11.9. The standard InChI is InChI=1S/C14H11IN2O/c1-8-3-2-4-10(13(8)15)14-17-11-7-9(16)5-6-12(11)18-14/h2-7H,16H2,1H3. The quantitative estimate of drug-likeness (QED) is 0.533. The molecule has 3 aromatic rings. The number of halogens is 1. The molecule has 0 saturated heterocycles. The molecule has 0 spiro atoms. The van der Waals surface area contributed by atoms with Gasteiger partial charge in [-0.1, -0.05) is 12.1 Å². The number of nitrogens with two attached hydrogens (primary N) is 1. The van der Waals surface area contributed by atoms with Gasteiger partial charge < -0.3 is 10.2 Å². The monoisotopic (exact) mass is 350 g/mol. The van der Waals surface area contributed by atoms with Gasteiger partial charge >= 0.3 is 0 Å². The Balaban J connectivity index is 2.22. The van der Waals surface area contributed by atoms with Gasteiger partial charge in [-0.05, 0) is 59.3 Å². The van der Waals surface area contributed by atoms with E-state index in [-0.39, 0.29) is 0 Å². The van der Waals surface area contributed by atoms with Crippen LogP contribution in [-0.2, 0) is 0 Å². The molecule has 0 aliphatic heterocycles. The van der Waals surface area contributed by atoms with Gasteiger partial charge in [0.2, 0.25) is 5.89 Å². The van der Waals surface area contributed by atoms with Crippen LogP contribution in [0.5, 0.6) is 0 Å². The van der Waals surface area contributed by atoms with Crippen LogP contribution in [0.4, 0.5) is 5.69 Å². The van der Waals surface area contributed by atoms with Crippen molar-refractivity contribution in [3.63, 3.8) is 0 Å². The molecule has 0 radical (unpaired) electrons. The Kier molecular flexibility index (Phi) is 2.74. The number of hydrogen-bond acceptors (Lipinski definition) is 3. The van der Waals surface area contributed by atoms with Gasteiger partial charge in [0.05, 0.1) is 5.56 Å². The van der Waals surface area contributed by atoms with Gasteiger partial charge in [-0.15, -0.1) is 0 Å². The molecule has 0 unspecified atom stereocenters. The minimum Gasteiger partial charge on any atom is -0.436 e. The van der Waals surface area contributed by atoms with Crippen LogP contribution in [0.3, 0.4) is 0 Å². The van der Waals surface area contributed by atoms with Gasteiger partial charge in [-0.3, -0.25) is 0 Å². The molecule has 90 valence electrons. The summed E-state index contributed by atoms with van der Waals surface area (Å²) < 4.78 is 6.94. The highest BCUT2D eigenvalue weighted by Crippen LogP contribution is 2.30. The zero-order valence-electron chi connectivity index (χ0n) is 9.77. The van der Waals surface area contributed by atoms with Crippen LogP contribution < -0.4 is 5.73 Å². The number of aryl methyl sites for hydroxylation is 1. The van der Waals surface area contributed by atoms with Gasteiger partial charge in [-0.25, -0.2) is 4.98 Å². The Hall–Kier alpha value is -1.56. The van der Waals surface area contributed by atoms with Crippen LogP contribution >= 0.6 is 22.6 Å². The third-order valence-electron chi connectivity index (χ3n) is 2.83. The van der Waals surface area contributed by atoms with Crippen LogP contribution in [0.25, 0.3) is 22.6 Å². The molecule has 2 aromatic carbocycles. The summed E-state index contributed by atoms with van der Waals surface area (Å²) in [6, 6.07) is 11.6. The summed E-state index contributed by atoms with van der Waals surface area (Å²) in [5.74, 6) is 0.642. The number of benzene rings is 2. The summed E-state index contributed by atoms with van der Waals surface area (Å²) in [5, 5.41) is 0. The van der Waals surface area contributed by atoms with Crippen molar-refractivity contribution in [2.75, 3.05) is 5.73 Å². The van der Waals surface area contributed by atoms with E-state index in [0.29, 0.717) is 11.6 Å². The summed E-state index contributed by atoms with van der Waals surface area (Å²) in [7, 11) is 0. The van der Waals surface area contributed by atoms with Gasteiger partial charge in [0, 0.05) is 9.26 Å². The first-order chi connectivity index (χ1) is 8.65. The molecule has 3 rings (SSSR count). The second-order valence-electron chi connectivity index (χ2n) is 4.18. The SMILES string of the molecule is Cc1cccc(-c2nc3cc(N)ccc3o2)c1I. The summed E-state index contributed by atoms with van der Waals surface area (Å²) in [6.07, 6.45) is 0. The first-order valence-electron chi connectivity index (χ1n) is 5.57. The number of fused-ring (bicyclic) bond motifs is 1. The number of hydrogen-bond donors (Lipinski definition) is 1. The molecule has 2 N–H and O–H groups in total. The maximum absolute atomic E-state index is 5.77. The van der Waals surface area contributed by atoms with E-state index in [4.69, 9.17) is 10.2 Å². The van der Waals surface area contributed by atoms with E-state index < -0.39 is 0 Å². The minimum atomic E-state index is 0.642. The van der Waals surface area contributed by atoms with E-state index in [1.54, 1.807) is 0 Å². The van der Waals surface area contributed by atoms with Gasteiger partial charge in [-0.2, -0.15) is 0 Å². The topological polar surface area (TPSA) is 52.0 Å². The molecule has 1 heterocycles. The molecule has 0 aliphatic carbocycles. The normalized spacial score (nSPS) is 11.0. The van der Waals surface area contributed by atoms with Crippen molar-refractivity contribution >= 4 is 39.4 Å². The fourth-order valence-electron chi connectivity index (χ4n) is 1.87. The van der Waals surface area contributed by atoms with Crippen molar-refractivity contribution in [1.29, 1.82) is 0 Å². The highest BCUT2D eigenvalue weighted by Gasteiger charge is 2.12. The first-order valence-corrected chi connectivity index (χ1v) is 6.64. The third-order valence-corrected chi connectivity index (χ3v) is 4.27. The highest BCUT2D eigenvalue weighted by molar-refractivity contribution is 14.1. The van der Waals surface area contributed by atoms with Crippen molar-refractivity contribution in [3.8, 4) is 11.5 Å². The molecule has 0 saturated carbocycles. The molecule has 3 nitrogen and oxygen atoms in total. The average molecular weight is 350 g/mol. The van der Waals surface area contributed by atoms with E-state index in [9.17, 15) is 0 Å². The Labute approximate surface area is 118 Å². The molecule has 0 atom stereocenters. The van der Waals surface area contributed by atoms with Gasteiger partial charge in [0.25, 0.3) is 0 Å². The van der Waals surface area contributed by atoms with Crippen LogP contribution in [0.15, 0.2) is 40.8 Å². The van der Waals surface area contributed by atoms with Crippen LogP contribution in [0.1, 0.15) is 5.56 Å². The lowest BCUT2D eigenvalue weighted by Gasteiger charge is -2.02. The Morgan fingerprint density at radius 3 is 2.89 bits per heavy atom. The molecule has 0 aliphatic rings. The second kappa shape index (κ2) is 4.28. The largest absolute Gasteiger partial charge is 0.436 e. The second-order valence-corrected chi connectivity index (χ2v) is 5.26. The summed E-state index contributed by atoms with van der Waals surface area (Å²) >= 11 is 2.32. The summed E-state index contributed by atoms with van der Waals surface area (Å²) in [6.45, 7) is 2.08. The van der Waals surface area contributed by atoms with Crippen molar-refractivity contribution in [3.05, 3.63) is 45.5 Å². The van der Waals surface area contributed by atoms with Crippen LogP contribution in [-0.4, -0.2) is 4.98 Å². The number of rotatable bonds is 1. The predicted molar refractivity (Wildman–Crippen MR) is 81.3 cm³/mol. The number of nitrogen functional groups attached to an aromatic ring is 1. The molecule has 0 amide bonds. The van der Waals surface area contributed by atoms with Crippen LogP contribution in [0, 0.1) is 10.5 Å². The fourth-order valence-corrected chi connectivity index (χ4v) is 2.46. The zero-order chi connectivity index (χ0) is 12.7. The van der Waals surface area contributed by atoms with Gasteiger partial charge in [0.1, 0.15) is 5.52 Å². The number of aromatic nitrogens is 1. The van der Waals surface area contributed by atoms with Crippen molar-refractivity contribution in [1.82, 2.24) is 4.98 Å². The maximum atomic E-state index is 5.77. The molecule has 0 fully saturated rings. The Morgan fingerprint density at radius 2 is 2.06 bits per heavy atom. The maximum Gasteiger partial charge on any atom is 0.228 e. The van der Waals surface area contributed by atoms with Crippen molar-refractivity contribution < 1.29 is 4.42 Å². The molecule has 18 heavy (non-hydrogen) atoms. The number of oxazole rings is 1. The lowest BCUT2D eigenvalue weighted by atomic mass is 10.1. The Bertz CT molecular complexity index is 734. The minimum absolute atomic E-state index is 0.642. The van der Waals surface area contributed by atoms with E-state index >= 15 is 0 Å². The first kappa shape index (κ1) is 11.5. The highest BCUT2D eigenvalue weighted by atomic mass is 127. The molecule has 0 bridgehead atoms. The van der Waals surface area contributed by atoms with E-state index in [0.717, 1.165) is 20.2 Å². The lowest BCUT2D eigenvalue weighted by Crippen LogP contribution is -1.86. The van der Waals surface area contributed by atoms with E-state index in [1.807, 2.05) is 30.3 Å². The third kappa shape index (κ3) is 1.86. The summed E-state index contributed by atoms with van der Waals surface area (Å²) in [4.78, 5) is 4.49. The summed E-state index contributed by atoms with van der Waals surface area (Å²) in [5.41, 5.74) is 10.2.